The van der Waals surface area contributed by atoms with E-state index in [1.165, 1.54) is 0 Å². The molecule has 0 saturated carbocycles. The topological polar surface area (TPSA) is 50.8 Å². The maximum Gasteiger partial charge on any atom is 0.101 e. The smallest absolute Gasteiger partial charge is 0.101 e. The molecular weight excluding hydrogens is 258 g/mol. The van der Waals surface area contributed by atoms with Gasteiger partial charge in [-0.3, -0.25) is 0 Å². The van der Waals surface area contributed by atoms with Gasteiger partial charge in [-0.1, -0.05) is 17.7 Å². The van der Waals surface area contributed by atoms with Crippen LogP contribution in [0.25, 0.3) is 0 Å². The predicted molar refractivity (Wildman–Crippen MR) is 75.4 cm³/mol. The molecule has 0 aliphatic rings. The molecule has 0 amide bonds. The van der Waals surface area contributed by atoms with Crippen LogP contribution in [-0.4, -0.2) is 7.05 Å². The summed E-state index contributed by atoms with van der Waals surface area (Å²) in [4.78, 5) is 1.91. The second-order valence-corrected chi connectivity index (χ2v) is 4.40. The van der Waals surface area contributed by atoms with Crippen molar-refractivity contribution in [3.05, 3.63) is 58.6 Å². The van der Waals surface area contributed by atoms with Gasteiger partial charge < -0.3 is 4.90 Å². The van der Waals surface area contributed by atoms with Crippen LogP contribution in [0.3, 0.4) is 0 Å². The van der Waals surface area contributed by atoms with Crippen molar-refractivity contribution in [2.24, 2.45) is 0 Å². The number of anilines is 2. The minimum atomic E-state index is 0.420. The maximum atomic E-state index is 8.90. The van der Waals surface area contributed by atoms with Crippen molar-refractivity contribution >= 4 is 23.0 Å². The van der Waals surface area contributed by atoms with Crippen molar-refractivity contribution < 1.29 is 0 Å². The van der Waals surface area contributed by atoms with Crippen LogP contribution in [0.5, 0.6) is 0 Å². The summed E-state index contributed by atoms with van der Waals surface area (Å²) in [6.07, 6.45) is 0. The minimum absolute atomic E-state index is 0.420. The number of benzene rings is 2. The highest BCUT2D eigenvalue weighted by atomic mass is 35.5. The van der Waals surface area contributed by atoms with Crippen molar-refractivity contribution in [3.8, 4) is 12.1 Å². The SMILES string of the molecule is CN(c1cccc(C#N)c1)c1ccc(C#N)c(Cl)c1. The van der Waals surface area contributed by atoms with E-state index in [4.69, 9.17) is 22.1 Å². The van der Waals surface area contributed by atoms with Gasteiger partial charge in [0.15, 0.2) is 0 Å². The van der Waals surface area contributed by atoms with Crippen molar-refractivity contribution in [1.29, 1.82) is 10.5 Å². The summed E-state index contributed by atoms with van der Waals surface area (Å²) in [5.74, 6) is 0. The second kappa shape index (κ2) is 5.44. The number of nitriles is 2. The Bertz CT molecular complexity index is 695. The molecule has 4 heteroatoms. The highest BCUT2D eigenvalue weighted by Crippen LogP contribution is 2.28. The Kier molecular flexibility index (Phi) is 3.71. The summed E-state index contributed by atoms with van der Waals surface area (Å²) < 4.78 is 0. The van der Waals surface area contributed by atoms with Crippen molar-refractivity contribution in [2.45, 2.75) is 0 Å². The predicted octanol–water partition coefficient (Wildman–Crippen LogP) is 3.85. The van der Waals surface area contributed by atoms with Crippen LogP contribution >= 0.6 is 11.6 Å². The van der Waals surface area contributed by atoms with Crippen LogP contribution in [0.15, 0.2) is 42.5 Å². The first-order valence-electron chi connectivity index (χ1n) is 5.59. The minimum Gasteiger partial charge on any atom is -0.345 e. The van der Waals surface area contributed by atoms with Gasteiger partial charge in [0.2, 0.25) is 0 Å². The number of nitrogens with zero attached hydrogens (tertiary/aromatic N) is 3. The zero-order valence-electron chi connectivity index (χ0n) is 10.3. The van der Waals surface area contributed by atoms with E-state index in [0.717, 1.165) is 11.4 Å². The molecule has 2 rings (SSSR count). The van der Waals surface area contributed by atoms with E-state index in [0.29, 0.717) is 16.1 Å². The molecule has 0 aromatic heterocycles. The van der Waals surface area contributed by atoms with Crippen molar-refractivity contribution in [2.75, 3.05) is 11.9 Å². The van der Waals surface area contributed by atoms with Gasteiger partial charge >= 0.3 is 0 Å². The molecule has 2 aromatic carbocycles. The molecule has 3 nitrogen and oxygen atoms in total. The Morgan fingerprint density at radius 1 is 1.00 bits per heavy atom. The zero-order valence-corrected chi connectivity index (χ0v) is 11.0. The van der Waals surface area contributed by atoms with Crippen LogP contribution in [0, 0.1) is 22.7 Å². The third kappa shape index (κ3) is 2.68. The van der Waals surface area contributed by atoms with Crippen molar-refractivity contribution in [3.63, 3.8) is 0 Å². The first-order chi connectivity index (χ1) is 9.15. The molecule has 92 valence electrons. The Balaban J connectivity index is 2.39. The quantitative estimate of drug-likeness (QED) is 0.830. The van der Waals surface area contributed by atoms with E-state index < -0.39 is 0 Å². The lowest BCUT2D eigenvalue weighted by Gasteiger charge is -2.20. The molecule has 0 bridgehead atoms. The molecule has 0 aliphatic carbocycles. The fraction of sp³-hybridized carbons (Fsp3) is 0.0667. The average Bonchev–Trinajstić information content (AvgIpc) is 2.46. The van der Waals surface area contributed by atoms with E-state index in [1.54, 1.807) is 24.3 Å². The fourth-order valence-corrected chi connectivity index (χ4v) is 1.95. The summed E-state index contributed by atoms with van der Waals surface area (Å²) in [7, 11) is 1.88. The third-order valence-corrected chi connectivity index (χ3v) is 3.14. The van der Waals surface area contributed by atoms with E-state index in [1.807, 2.05) is 36.2 Å². The van der Waals surface area contributed by atoms with E-state index in [-0.39, 0.29) is 0 Å². The summed E-state index contributed by atoms with van der Waals surface area (Å²) >= 11 is 6.02. The van der Waals surface area contributed by atoms with Crippen molar-refractivity contribution in [1.82, 2.24) is 0 Å². The van der Waals surface area contributed by atoms with Gasteiger partial charge in [-0.05, 0) is 36.4 Å². The van der Waals surface area contributed by atoms with Gasteiger partial charge in [0.05, 0.1) is 22.2 Å². The molecule has 0 heterocycles. The number of rotatable bonds is 2. The van der Waals surface area contributed by atoms with E-state index >= 15 is 0 Å². The molecule has 2 aromatic rings. The lowest BCUT2D eigenvalue weighted by atomic mass is 10.1. The Morgan fingerprint density at radius 2 is 1.74 bits per heavy atom. The Labute approximate surface area is 116 Å². The van der Waals surface area contributed by atoms with Crippen LogP contribution in [0.2, 0.25) is 5.02 Å². The normalized spacial score (nSPS) is 9.47. The lowest BCUT2D eigenvalue weighted by molar-refractivity contribution is 1.20. The Hall–Kier alpha value is -2.49. The standard InChI is InChI=1S/C15H10ClN3/c1-19(13-4-2-3-11(7-13)9-17)14-6-5-12(10-18)15(16)8-14/h2-8H,1H3. The summed E-state index contributed by atoms with van der Waals surface area (Å²) in [6, 6.07) is 16.7. The molecule has 0 atom stereocenters. The van der Waals surface area contributed by atoms with Crippen LogP contribution in [0.4, 0.5) is 11.4 Å². The summed E-state index contributed by atoms with van der Waals surface area (Å²) in [5, 5.41) is 18.2. The van der Waals surface area contributed by atoms with Gasteiger partial charge in [0, 0.05) is 18.4 Å². The van der Waals surface area contributed by atoms with Gasteiger partial charge in [-0.15, -0.1) is 0 Å². The molecule has 19 heavy (non-hydrogen) atoms. The van der Waals surface area contributed by atoms with Gasteiger partial charge in [-0.25, -0.2) is 0 Å². The third-order valence-electron chi connectivity index (χ3n) is 2.82. The molecular formula is C15H10ClN3. The highest BCUT2D eigenvalue weighted by Gasteiger charge is 2.07. The van der Waals surface area contributed by atoms with Gasteiger partial charge in [0.1, 0.15) is 6.07 Å². The molecule has 0 spiro atoms. The van der Waals surface area contributed by atoms with Crippen LogP contribution in [0.1, 0.15) is 11.1 Å². The number of halogens is 1. The van der Waals surface area contributed by atoms with Gasteiger partial charge in [-0.2, -0.15) is 10.5 Å². The molecule has 0 unspecified atom stereocenters. The molecule has 0 aliphatic heterocycles. The molecule has 0 radical (unpaired) electrons. The second-order valence-electron chi connectivity index (χ2n) is 4.00. The maximum absolute atomic E-state index is 8.90. The number of hydrogen-bond acceptors (Lipinski definition) is 3. The van der Waals surface area contributed by atoms with Crippen LogP contribution in [-0.2, 0) is 0 Å². The molecule has 0 saturated heterocycles. The first-order valence-corrected chi connectivity index (χ1v) is 5.97. The Morgan fingerprint density at radius 3 is 2.37 bits per heavy atom. The van der Waals surface area contributed by atoms with E-state index in [9.17, 15) is 0 Å². The van der Waals surface area contributed by atoms with E-state index in [2.05, 4.69) is 6.07 Å². The summed E-state index contributed by atoms with van der Waals surface area (Å²) in [5.41, 5.74) is 2.80. The number of hydrogen-bond donors (Lipinski definition) is 0. The zero-order chi connectivity index (χ0) is 13.8. The van der Waals surface area contributed by atoms with Gasteiger partial charge in [0.25, 0.3) is 0 Å². The monoisotopic (exact) mass is 267 g/mol. The lowest BCUT2D eigenvalue weighted by Crippen LogP contribution is -2.09. The average molecular weight is 268 g/mol. The first kappa shape index (κ1) is 13.0. The largest absolute Gasteiger partial charge is 0.345 e. The highest BCUT2D eigenvalue weighted by molar-refractivity contribution is 6.32. The summed E-state index contributed by atoms with van der Waals surface area (Å²) in [6.45, 7) is 0. The van der Waals surface area contributed by atoms with Crippen LogP contribution < -0.4 is 4.90 Å². The molecule has 0 N–H and O–H groups in total. The molecule has 0 fully saturated rings. The fourth-order valence-electron chi connectivity index (χ4n) is 1.74.